The van der Waals surface area contributed by atoms with Crippen LogP contribution in [0.1, 0.15) is 109 Å². The third kappa shape index (κ3) is 6.59. The van der Waals surface area contributed by atoms with E-state index in [4.69, 9.17) is 14.5 Å². The van der Waals surface area contributed by atoms with Crippen LogP contribution in [0.4, 0.5) is 9.59 Å². The maximum absolute atomic E-state index is 12.2. The standard InChI is InChI=1S/C19H29N3O2.C19H23N3O2/c2*1-18(2,3)24-17(23)22-11-19(12-22)8-7-14(10-19)16-15-6-4-5-9-21(15)13-20-16/h13-14H,4-12H2,1-3H3;4-7,9,13H,8,10-12H2,1-3H3. The molecule has 2 saturated heterocycles. The van der Waals surface area contributed by atoms with Crippen molar-refractivity contribution in [3.05, 3.63) is 60.2 Å². The van der Waals surface area contributed by atoms with E-state index in [1.807, 2.05) is 82.3 Å². The molecular weight excluding hydrogens is 604 g/mol. The second kappa shape index (κ2) is 11.9. The molecule has 5 aliphatic rings. The number of hydrogen-bond donors (Lipinski definition) is 0. The zero-order chi connectivity index (χ0) is 33.9. The predicted molar refractivity (Wildman–Crippen MR) is 185 cm³/mol. The highest BCUT2D eigenvalue weighted by Gasteiger charge is 2.52. The Hall–Kier alpha value is -3.82. The van der Waals surface area contributed by atoms with Gasteiger partial charge in [-0.3, -0.25) is 0 Å². The highest BCUT2D eigenvalue weighted by Crippen LogP contribution is 2.52. The molecule has 0 radical (unpaired) electrons. The van der Waals surface area contributed by atoms with Gasteiger partial charge < -0.3 is 28.2 Å². The fourth-order valence-corrected chi connectivity index (χ4v) is 8.47. The Kier molecular flexibility index (Phi) is 8.14. The summed E-state index contributed by atoms with van der Waals surface area (Å²) in [4.78, 5) is 37.3. The average Bonchev–Trinajstić information content (AvgIpc) is 3.77. The number of likely N-dealkylation sites (tertiary alicyclic amines) is 2. The number of allylic oxidation sites excluding steroid dienone is 2. The van der Waals surface area contributed by atoms with Crippen LogP contribution in [0, 0.1) is 10.8 Å². The Morgan fingerprint density at radius 1 is 0.875 bits per heavy atom. The molecule has 2 amide bonds. The van der Waals surface area contributed by atoms with Crippen molar-refractivity contribution in [1.29, 1.82) is 0 Å². The van der Waals surface area contributed by atoms with Crippen molar-refractivity contribution in [1.82, 2.24) is 28.7 Å². The van der Waals surface area contributed by atoms with E-state index in [-0.39, 0.29) is 17.6 Å². The highest BCUT2D eigenvalue weighted by atomic mass is 16.6. The lowest BCUT2D eigenvalue weighted by Crippen LogP contribution is -2.58. The highest BCUT2D eigenvalue weighted by molar-refractivity contribution is 5.78. The van der Waals surface area contributed by atoms with E-state index in [9.17, 15) is 9.59 Å². The quantitative estimate of drug-likeness (QED) is 0.284. The fraction of sp³-hybridized carbons (Fsp3) is 0.632. The third-order valence-corrected chi connectivity index (χ3v) is 10.6. The van der Waals surface area contributed by atoms with E-state index in [1.54, 1.807) is 0 Å². The summed E-state index contributed by atoms with van der Waals surface area (Å²) >= 11 is 0. The van der Waals surface area contributed by atoms with E-state index in [1.165, 1.54) is 55.5 Å². The molecule has 2 spiro atoms. The smallest absolute Gasteiger partial charge is 0.410 e. The van der Waals surface area contributed by atoms with Gasteiger partial charge >= 0.3 is 12.2 Å². The lowest BCUT2D eigenvalue weighted by atomic mass is 9.77. The molecule has 3 fully saturated rings. The van der Waals surface area contributed by atoms with Gasteiger partial charge in [-0.05, 0) is 111 Å². The summed E-state index contributed by atoms with van der Waals surface area (Å²) in [6.07, 6.45) is 17.2. The predicted octanol–water partition coefficient (Wildman–Crippen LogP) is 7.47. The Morgan fingerprint density at radius 2 is 1.56 bits per heavy atom. The van der Waals surface area contributed by atoms with Crippen molar-refractivity contribution in [3.63, 3.8) is 0 Å². The first-order valence-corrected chi connectivity index (χ1v) is 17.8. The summed E-state index contributed by atoms with van der Waals surface area (Å²) in [6, 6.07) is 6.15. The van der Waals surface area contributed by atoms with Crippen LogP contribution < -0.4 is 0 Å². The van der Waals surface area contributed by atoms with Crippen molar-refractivity contribution in [2.75, 3.05) is 26.2 Å². The number of amides is 2. The van der Waals surface area contributed by atoms with Gasteiger partial charge in [0, 0.05) is 61.4 Å². The molecular formula is C38H52N6O4. The Balaban J connectivity index is 0.000000152. The maximum Gasteiger partial charge on any atom is 0.410 e. The number of aromatic nitrogens is 4. The molecule has 0 aromatic carbocycles. The minimum atomic E-state index is -0.436. The van der Waals surface area contributed by atoms with E-state index < -0.39 is 11.2 Å². The lowest BCUT2D eigenvalue weighted by Gasteiger charge is -2.48. The number of aryl methyl sites for hydroxylation is 1. The molecule has 258 valence electrons. The molecule has 1 atom stereocenters. The number of carbonyl (C=O) groups is 2. The lowest BCUT2D eigenvalue weighted by molar-refractivity contribution is -0.0324. The number of nitrogens with zero attached hydrogens (tertiary/aromatic N) is 6. The van der Waals surface area contributed by atoms with Gasteiger partial charge in [0.1, 0.15) is 11.2 Å². The van der Waals surface area contributed by atoms with Gasteiger partial charge in [-0.15, -0.1) is 0 Å². The van der Waals surface area contributed by atoms with Crippen molar-refractivity contribution in [3.8, 4) is 0 Å². The number of fused-ring (bicyclic) bond motifs is 2. The molecule has 0 N–H and O–H groups in total. The van der Waals surface area contributed by atoms with Gasteiger partial charge in [-0.25, -0.2) is 19.6 Å². The molecule has 3 aliphatic heterocycles. The van der Waals surface area contributed by atoms with Crippen molar-refractivity contribution >= 4 is 23.3 Å². The summed E-state index contributed by atoms with van der Waals surface area (Å²) in [5.41, 5.74) is 5.99. The number of hydrogen-bond acceptors (Lipinski definition) is 6. The average molecular weight is 657 g/mol. The first-order valence-electron chi connectivity index (χ1n) is 17.8. The summed E-state index contributed by atoms with van der Waals surface area (Å²) in [6.45, 7) is 15.9. The number of carbonyl (C=O) groups excluding carboxylic acids is 2. The minimum absolute atomic E-state index is 0.157. The minimum Gasteiger partial charge on any atom is -0.444 e. The third-order valence-electron chi connectivity index (χ3n) is 10.6. The molecule has 8 rings (SSSR count). The zero-order valence-electron chi connectivity index (χ0n) is 29.6. The van der Waals surface area contributed by atoms with Crippen LogP contribution in [-0.2, 0) is 22.4 Å². The van der Waals surface area contributed by atoms with Gasteiger partial charge in [-0.2, -0.15) is 0 Å². The monoisotopic (exact) mass is 656 g/mol. The summed E-state index contributed by atoms with van der Waals surface area (Å²) < 4.78 is 15.4. The molecule has 0 bridgehead atoms. The van der Waals surface area contributed by atoms with Crippen LogP contribution >= 0.6 is 0 Å². The molecule has 48 heavy (non-hydrogen) atoms. The number of imidazole rings is 2. The largest absolute Gasteiger partial charge is 0.444 e. The van der Waals surface area contributed by atoms with E-state index in [0.717, 1.165) is 56.8 Å². The number of pyridine rings is 1. The van der Waals surface area contributed by atoms with E-state index in [0.29, 0.717) is 11.3 Å². The van der Waals surface area contributed by atoms with Crippen LogP contribution in [0.5, 0.6) is 0 Å². The first kappa shape index (κ1) is 32.7. The SMILES string of the molecule is CC(C)(C)OC(=O)N1CC2(CC=C(c3ncn4ccccc34)C2)C1.CC(C)(C)OC(=O)N1CC2(CCC(c3ncn4c3CCCC4)C2)C1. The topological polar surface area (TPSA) is 94.2 Å². The van der Waals surface area contributed by atoms with Crippen LogP contribution in [0.15, 0.2) is 43.1 Å². The van der Waals surface area contributed by atoms with Crippen LogP contribution in [0.2, 0.25) is 0 Å². The van der Waals surface area contributed by atoms with Crippen molar-refractivity contribution in [2.24, 2.45) is 10.8 Å². The second-order valence-corrected chi connectivity index (χ2v) is 17.0. The Labute approximate surface area is 284 Å². The maximum atomic E-state index is 12.2. The molecule has 6 heterocycles. The molecule has 1 saturated carbocycles. The van der Waals surface area contributed by atoms with Gasteiger partial charge in [0.25, 0.3) is 0 Å². The zero-order valence-corrected chi connectivity index (χ0v) is 29.6. The molecule has 10 heteroatoms. The van der Waals surface area contributed by atoms with Crippen LogP contribution in [-0.4, -0.2) is 78.3 Å². The van der Waals surface area contributed by atoms with Crippen molar-refractivity contribution < 1.29 is 19.1 Å². The number of rotatable bonds is 2. The van der Waals surface area contributed by atoms with Gasteiger partial charge in [-0.1, -0.05) is 12.1 Å². The fourth-order valence-electron chi connectivity index (χ4n) is 8.47. The van der Waals surface area contributed by atoms with Gasteiger partial charge in [0.05, 0.1) is 29.6 Å². The van der Waals surface area contributed by atoms with Gasteiger partial charge in [0.2, 0.25) is 0 Å². The molecule has 3 aromatic heterocycles. The molecule has 1 unspecified atom stereocenters. The first-order chi connectivity index (χ1) is 22.7. The molecule has 3 aromatic rings. The summed E-state index contributed by atoms with van der Waals surface area (Å²) in [7, 11) is 0. The molecule has 2 aliphatic carbocycles. The van der Waals surface area contributed by atoms with E-state index in [2.05, 4.69) is 26.1 Å². The Morgan fingerprint density at radius 3 is 2.25 bits per heavy atom. The van der Waals surface area contributed by atoms with E-state index >= 15 is 0 Å². The van der Waals surface area contributed by atoms with Crippen LogP contribution in [0.3, 0.4) is 0 Å². The van der Waals surface area contributed by atoms with Crippen LogP contribution in [0.25, 0.3) is 11.1 Å². The normalized spacial score (nSPS) is 22.5. The Bertz CT molecular complexity index is 1710. The summed E-state index contributed by atoms with van der Waals surface area (Å²) in [5, 5.41) is 0. The number of ether oxygens (including phenoxy) is 2. The van der Waals surface area contributed by atoms with Crippen molar-refractivity contribution in [2.45, 2.75) is 117 Å². The molecule has 10 nitrogen and oxygen atoms in total. The summed E-state index contributed by atoms with van der Waals surface area (Å²) in [5.74, 6) is 0.583. The second-order valence-electron chi connectivity index (χ2n) is 17.0. The van der Waals surface area contributed by atoms with Gasteiger partial charge in [0.15, 0.2) is 0 Å².